The maximum absolute atomic E-state index is 13.3. The topological polar surface area (TPSA) is 73.1 Å². The number of hydrogen-bond acceptors (Lipinski definition) is 5. The predicted octanol–water partition coefficient (Wildman–Crippen LogP) is 3.97. The summed E-state index contributed by atoms with van der Waals surface area (Å²) in [5.74, 6) is 0.665. The molecule has 0 N–H and O–H groups in total. The van der Waals surface area contributed by atoms with Crippen molar-refractivity contribution in [3.8, 4) is 11.4 Å². The summed E-state index contributed by atoms with van der Waals surface area (Å²) in [6, 6.07) is 15.4. The summed E-state index contributed by atoms with van der Waals surface area (Å²) in [4.78, 5) is 23.6. The van der Waals surface area contributed by atoms with E-state index in [9.17, 15) is 4.79 Å². The quantitative estimate of drug-likeness (QED) is 0.506. The Kier molecular flexibility index (Phi) is 5.18. The first-order valence-electron chi connectivity index (χ1n) is 9.65. The molecule has 0 radical (unpaired) electrons. The molecule has 1 atom stereocenters. The Morgan fingerprint density at radius 3 is 2.57 bits per heavy atom. The number of ether oxygens (including phenoxy) is 1. The summed E-state index contributed by atoms with van der Waals surface area (Å²) in [7, 11) is 3.44. The molecule has 2 aromatic heterocycles. The van der Waals surface area contributed by atoms with Gasteiger partial charge in [0.05, 0.1) is 35.6 Å². The van der Waals surface area contributed by atoms with Crippen molar-refractivity contribution in [2.45, 2.75) is 19.9 Å². The number of carbonyl (C=O) groups is 1. The molecule has 0 bridgehead atoms. The van der Waals surface area contributed by atoms with Crippen LogP contribution < -0.4 is 4.74 Å². The summed E-state index contributed by atoms with van der Waals surface area (Å²) < 4.78 is 7.00. The SMILES string of the molecule is COc1ccc2nc(C)c(C(=O)N(C)[C@H](C)c3ccc(-n4cncn4)cc3)cc2c1. The molecule has 0 fully saturated rings. The number of benzene rings is 2. The molecule has 0 aliphatic carbocycles. The number of carbonyl (C=O) groups excluding carboxylic acids is 1. The maximum Gasteiger partial charge on any atom is 0.255 e. The van der Waals surface area contributed by atoms with Crippen LogP contribution >= 0.6 is 0 Å². The largest absolute Gasteiger partial charge is 0.497 e. The molecule has 7 nitrogen and oxygen atoms in total. The van der Waals surface area contributed by atoms with Gasteiger partial charge in [0.1, 0.15) is 18.4 Å². The lowest BCUT2D eigenvalue weighted by Gasteiger charge is -2.26. The van der Waals surface area contributed by atoms with Gasteiger partial charge in [-0.1, -0.05) is 12.1 Å². The molecule has 152 valence electrons. The van der Waals surface area contributed by atoms with Crippen molar-refractivity contribution in [2.75, 3.05) is 14.2 Å². The van der Waals surface area contributed by atoms with Crippen LogP contribution in [0.15, 0.2) is 61.2 Å². The number of aryl methyl sites for hydroxylation is 1. The van der Waals surface area contributed by atoms with Gasteiger partial charge in [0, 0.05) is 12.4 Å². The van der Waals surface area contributed by atoms with Gasteiger partial charge in [-0.25, -0.2) is 9.67 Å². The molecule has 0 saturated carbocycles. The van der Waals surface area contributed by atoms with Crippen molar-refractivity contribution < 1.29 is 9.53 Å². The van der Waals surface area contributed by atoms with E-state index in [-0.39, 0.29) is 11.9 Å². The molecule has 4 rings (SSSR count). The molecule has 2 heterocycles. The fourth-order valence-electron chi connectivity index (χ4n) is 3.43. The number of nitrogens with zero attached hydrogens (tertiary/aromatic N) is 5. The highest BCUT2D eigenvalue weighted by atomic mass is 16.5. The van der Waals surface area contributed by atoms with Crippen LogP contribution in [-0.4, -0.2) is 44.7 Å². The van der Waals surface area contributed by atoms with E-state index in [1.165, 1.54) is 6.33 Å². The Hall–Kier alpha value is -3.74. The summed E-state index contributed by atoms with van der Waals surface area (Å²) in [6.07, 6.45) is 3.15. The van der Waals surface area contributed by atoms with Gasteiger partial charge < -0.3 is 9.64 Å². The molecule has 2 aromatic carbocycles. The molecule has 30 heavy (non-hydrogen) atoms. The van der Waals surface area contributed by atoms with E-state index in [1.54, 1.807) is 23.0 Å². The average Bonchev–Trinajstić information content (AvgIpc) is 3.32. The monoisotopic (exact) mass is 401 g/mol. The molecule has 0 unspecified atom stereocenters. The van der Waals surface area contributed by atoms with E-state index in [4.69, 9.17) is 4.74 Å². The van der Waals surface area contributed by atoms with Gasteiger partial charge in [-0.05, 0) is 55.8 Å². The second kappa shape index (κ2) is 7.94. The van der Waals surface area contributed by atoms with Crippen molar-refractivity contribution >= 4 is 16.8 Å². The van der Waals surface area contributed by atoms with E-state index >= 15 is 0 Å². The van der Waals surface area contributed by atoms with Crippen LogP contribution in [0.5, 0.6) is 5.75 Å². The molecule has 1 amide bonds. The zero-order valence-electron chi connectivity index (χ0n) is 17.4. The number of amides is 1. The normalized spacial score (nSPS) is 12.0. The van der Waals surface area contributed by atoms with Crippen LogP contribution in [0.25, 0.3) is 16.6 Å². The molecular weight excluding hydrogens is 378 g/mol. The van der Waals surface area contributed by atoms with Gasteiger partial charge in [0.2, 0.25) is 0 Å². The van der Waals surface area contributed by atoms with Gasteiger partial charge in [-0.2, -0.15) is 5.10 Å². The second-order valence-corrected chi connectivity index (χ2v) is 7.20. The van der Waals surface area contributed by atoms with E-state index in [0.717, 1.165) is 27.9 Å². The number of pyridine rings is 1. The number of fused-ring (bicyclic) bond motifs is 1. The van der Waals surface area contributed by atoms with Crippen molar-refractivity contribution in [1.29, 1.82) is 0 Å². The van der Waals surface area contributed by atoms with Gasteiger partial charge in [0.15, 0.2) is 0 Å². The molecule has 0 aliphatic heterocycles. The average molecular weight is 401 g/mol. The van der Waals surface area contributed by atoms with Crippen molar-refractivity contribution in [1.82, 2.24) is 24.6 Å². The number of methoxy groups -OCH3 is 1. The first-order chi connectivity index (χ1) is 14.5. The third kappa shape index (κ3) is 3.61. The van der Waals surface area contributed by atoms with Crippen LogP contribution in [-0.2, 0) is 0 Å². The highest BCUT2D eigenvalue weighted by Crippen LogP contribution is 2.26. The zero-order chi connectivity index (χ0) is 21.3. The molecular formula is C23H23N5O2. The Labute approximate surface area is 174 Å². The predicted molar refractivity (Wildman–Crippen MR) is 115 cm³/mol. The fourth-order valence-corrected chi connectivity index (χ4v) is 3.43. The van der Waals surface area contributed by atoms with E-state index < -0.39 is 0 Å². The van der Waals surface area contributed by atoms with Gasteiger partial charge in [-0.15, -0.1) is 0 Å². The maximum atomic E-state index is 13.3. The summed E-state index contributed by atoms with van der Waals surface area (Å²) in [5, 5.41) is 5.01. The van der Waals surface area contributed by atoms with Crippen LogP contribution in [0.4, 0.5) is 0 Å². The second-order valence-electron chi connectivity index (χ2n) is 7.20. The summed E-state index contributed by atoms with van der Waals surface area (Å²) in [5.41, 5.74) is 4.08. The minimum Gasteiger partial charge on any atom is -0.497 e. The molecule has 4 aromatic rings. The first-order valence-corrected chi connectivity index (χ1v) is 9.65. The molecule has 0 spiro atoms. The van der Waals surface area contributed by atoms with Crippen LogP contribution in [0.1, 0.15) is 34.6 Å². The summed E-state index contributed by atoms with van der Waals surface area (Å²) in [6.45, 7) is 3.87. The third-order valence-electron chi connectivity index (χ3n) is 5.40. The standard InChI is InChI=1S/C23H23N5O2/c1-15-21(12-18-11-20(30-4)9-10-22(18)26-15)23(29)27(3)16(2)17-5-7-19(8-6-17)28-14-24-13-25-28/h5-14,16H,1-4H3/t16-/m1/s1. The molecule has 7 heteroatoms. The highest BCUT2D eigenvalue weighted by molar-refractivity contribution is 5.99. The van der Waals surface area contributed by atoms with Crippen molar-refractivity contribution in [2.24, 2.45) is 0 Å². The lowest BCUT2D eigenvalue weighted by molar-refractivity contribution is 0.0741. The molecule has 0 saturated heterocycles. The smallest absolute Gasteiger partial charge is 0.255 e. The minimum atomic E-state index is -0.109. The Morgan fingerprint density at radius 2 is 1.90 bits per heavy atom. The number of rotatable bonds is 5. The van der Waals surface area contributed by atoms with Gasteiger partial charge in [-0.3, -0.25) is 9.78 Å². The zero-order valence-corrected chi connectivity index (χ0v) is 17.4. The van der Waals surface area contributed by atoms with Crippen LogP contribution in [0, 0.1) is 6.92 Å². The molecule has 0 aliphatic rings. The minimum absolute atomic E-state index is 0.0717. The van der Waals surface area contributed by atoms with Crippen molar-refractivity contribution in [3.05, 3.63) is 78.0 Å². The van der Waals surface area contributed by atoms with Crippen LogP contribution in [0.3, 0.4) is 0 Å². The van der Waals surface area contributed by atoms with Gasteiger partial charge >= 0.3 is 0 Å². The Morgan fingerprint density at radius 1 is 1.13 bits per heavy atom. The van der Waals surface area contributed by atoms with Crippen molar-refractivity contribution in [3.63, 3.8) is 0 Å². The number of hydrogen-bond donors (Lipinski definition) is 0. The van der Waals surface area contributed by atoms with Gasteiger partial charge in [0.25, 0.3) is 5.91 Å². The lowest BCUT2D eigenvalue weighted by Crippen LogP contribution is -2.30. The van der Waals surface area contributed by atoms with E-state index in [0.29, 0.717) is 11.3 Å². The Balaban J connectivity index is 1.60. The number of aromatic nitrogens is 4. The van der Waals surface area contributed by atoms with Crippen LogP contribution in [0.2, 0.25) is 0 Å². The Bertz CT molecular complexity index is 1190. The van der Waals surface area contributed by atoms with E-state index in [2.05, 4.69) is 15.1 Å². The van der Waals surface area contributed by atoms with E-state index in [1.807, 2.05) is 69.4 Å². The highest BCUT2D eigenvalue weighted by Gasteiger charge is 2.21. The first kappa shape index (κ1) is 19.6. The lowest BCUT2D eigenvalue weighted by atomic mass is 10.0. The third-order valence-corrected chi connectivity index (χ3v) is 5.40. The fraction of sp³-hybridized carbons (Fsp3) is 0.217. The summed E-state index contributed by atoms with van der Waals surface area (Å²) >= 11 is 0.